The second-order valence-electron chi connectivity index (χ2n) is 7.26. The van der Waals surface area contributed by atoms with Gasteiger partial charge in [0.15, 0.2) is 0 Å². The summed E-state index contributed by atoms with van der Waals surface area (Å²) in [5.74, 6) is -0.545. The third-order valence-corrected chi connectivity index (χ3v) is 4.01. The van der Waals surface area contributed by atoms with E-state index in [9.17, 15) is 9.59 Å². The van der Waals surface area contributed by atoms with Crippen LogP contribution in [-0.2, 0) is 9.47 Å². The zero-order chi connectivity index (χ0) is 20.3. The summed E-state index contributed by atoms with van der Waals surface area (Å²) < 4.78 is 10.2. The van der Waals surface area contributed by atoms with Gasteiger partial charge in [0, 0.05) is 17.1 Å². The summed E-state index contributed by atoms with van der Waals surface area (Å²) in [5, 5.41) is 4.27. The van der Waals surface area contributed by atoms with Gasteiger partial charge < -0.3 is 9.47 Å². The molecule has 3 rings (SSSR count). The van der Waals surface area contributed by atoms with E-state index >= 15 is 0 Å². The lowest BCUT2D eigenvalue weighted by Gasteiger charge is -2.21. The molecule has 6 nitrogen and oxygen atoms in total. The smallest absolute Gasteiger partial charge is 0.412 e. The molecule has 0 saturated heterocycles. The number of ether oxygens (including phenoxy) is 2. The van der Waals surface area contributed by atoms with Gasteiger partial charge in [0.25, 0.3) is 0 Å². The number of nitrogens with one attached hydrogen (secondary N) is 1. The van der Waals surface area contributed by atoms with Crippen molar-refractivity contribution in [3.05, 3.63) is 60.3 Å². The number of hydrogen-bond donors (Lipinski definition) is 1. The van der Waals surface area contributed by atoms with Crippen molar-refractivity contribution in [2.45, 2.75) is 26.4 Å². The quantitative estimate of drug-likeness (QED) is 0.646. The van der Waals surface area contributed by atoms with Gasteiger partial charge >= 0.3 is 12.1 Å². The summed E-state index contributed by atoms with van der Waals surface area (Å²) in [7, 11) is 1.30. The number of methoxy groups -OCH3 is 1. The van der Waals surface area contributed by atoms with Crippen molar-refractivity contribution in [1.29, 1.82) is 0 Å². The first-order valence-electron chi connectivity index (χ1n) is 8.85. The Morgan fingerprint density at radius 2 is 1.79 bits per heavy atom. The molecule has 0 bridgehead atoms. The maximum absolute atomic E-state index is 12.4. The standard InChI is InChI=1S/C22H22N2O4/c1-22(2,3)28-21(26)24-19-16(20(25)27-4)11-10-14-8-9-15(13-17(14)19)18-7-5-6-12-23-18/h5-13H,1-4H3,(H,24,26). The highest BCUT2D eigenvalue weighted by Gasteiger charge is 2.21. The number of fused-ring (bicyclic) bond motifs is 1. The number of rotatable bonds is 3. The monoisotopic (exact) mass is 378 g/mol. The molecule has 1 amide bonds. The third-order valence-electron chi connectivity index (χ3n) is 4.01. The van der Waals surface area contributed by atoms with Crippen molar-refractivity contribution >= 4 is 28.5 Å². The molecular formula is C22H22N2O4. The number of carbonyl (C=O) groups is 2. The number of nitrogens with zero attached hydrogens (tertiary/aromatic N) is 1. The molecule has 0 aliphatic carbocycles. The van der Waals surface area contributed by atoms with Crippen LogP contribution in [0.5, 0.6) is 0 Å². The van der Waals surface area contributed by atoms with E-state index in [1.165, 1.54) is 7.11 Å². The molecule has 0 saturated carbocycles. The van der Waals surface area contributed by atoms with Crippen LogP contribution in [0.25, 0.3) is 22.0 Å². The number of carbonyl (C=O) groups excluding carboxylic acids is 2. The Hall–Kier alpha value is -3.41. The lowest BCUT2D eigenvalue weighted by molar-refractivity contribution is 0.0602. The Balaban J connectivity index is 2.15. The highest BCUT2D eigenvalue weighted by Crippen LogP contribution is 2.32. The van der Waals surface area contributed by atoms with Crippen LogP contribution in [0.2, 0.25) is 0 Å². The van der Waals surface area contributed by atoms with Crippen molar-refractivity contribution in [2.24, 2.45) is 0 Å². The van der Waals surface area contributed by atoms with Gasteiger partial charge in [-0.05, 0) is 50.4 Å². The highest BCUT2D eigenvalue weighted by molar-refractivity contribution is 6.10. The topological polar surface area (TPSA) is 77.5 Å². The number of hydrogen-bond acceptors (Lipinski definition) is 5. The lowest BCUT2D eigenvalue weighted by Crippen LogP contribution is -2.28. The molecule has 1 N–H and O–H groups in total. The zero-order valence-corrected chi connectivity index (χ0v) is 16.3. The van der Waals surface area contributed by atoms with E-state index in [0.717, 1.165) is 16.6 Å². The van der Waals surface area contributed by atoms with Gasteiger partial charge in [0.05, 0.1) is 24.1 Å². The van der Waals surface area contributed by atoms with E-state index in [2.05, 4.69) is 10.3 Å². The zero-order valence-electron chi connectivity index (χ0n) is 16.3. The van der Waals surface area contributed by atoms with E-state index in [-0.39, 0.29) is 5.56 Å². The molecule has 1 heterocycles. The molecule has 28 heavy (non-hydrogen) atoms. The number of pyridine rings is 1. The number of anilines is 1. The molecule has 1 aromatic heterocycles. The highest BCUT2D eigenvalue weighted by atomic mass is 16.6. The molecule has 0 atom stereocenters. The number of amides is 1. The van der Waals surface area contributed by atoms with Crippen LogP contribution in [0.1, 0.15) is 31.1 Å². The molecule has 0 radical (unpaired) electrons. The molecule has 0 fully saturated rings. The van der Waals surface area contributed by atoms with Crippen LogP contribution in [0.15, 0.2) is 54.7 Å². The minimum Gasteiger partial charge on any atom is -0.465 e. The summed E-state index contributed by atoms with van der Waals surface area (Å²) in [6, 6.07) is 14.8. The Labute approximate surface area is 163 Å². The van der Waals surface area contributed by atoms with Crippen LogP contribution in [-0.4, -0.2) is 29.8 Å². The SMILES string of the molecule is COC(=O)c1ccc2ccc(-c3ccccn3)cc2c1NC(=O)OC(C)(C)C. The summed E-state index contributed by atoms with van der Waals surface area (Å²) in [6.45, 7) is 5.32. The summed E-state index contributed by atoms with van der Waals surface area (Å²) in [5.41, 5.74) is 1.58. The first-order chi connectivity index (χ1) is 13.3. The summed E-state index contributed by atoms with van der Waals surface area (Å²) in [4.78, 5) is 29.0. The van der Waals surface area contributed by atoms with E-state index < -0.39 is 17.7 Å². The molecule has 144 valence electrons. The second kappa shape index (κ2) is 7.68. The van der Waals surface area contributed by atoms with Crippen LogP contribution in [0, 0.1) is 0 Å². The van der Waals surface area contributed by atoms with Crippen LogP contribution in [0.3, 0.4) is 0 Å². The fourth-order valence-electron chi connectivity index (χ4n) is 2.83. The lowest BCUT2D eigenvalue weighted by atomic mass is 10.00. The molecule has 0 unspecified atom stereocenters. The van der Waals surface area contributed by atoms with E-state index in [1.807, 2.05) is 42.5 Å². The summed E-state index contributed by atoms with van der Waals surface area (Å²) in [6.07, 6.45) is 1.07. The van der Waals surface area contributed by atoms with Gasteiger partial charge in [0.1, 0.15) is 5.60 Å². The van der Waals surface area contributed by atoms with Gasteiger partial charge in [-0.3, -0.25) is 10.3 Å². The van der Waals surface area contributed by atoms with Crippen molar-refractivity contribution in [1.82, 2.24) is 4.98 Å². The molecule has 3 aromatic rings. The maximum Gasteiger partial charge on any atom is 0.412 e. The Morgan fingerprint density at radius 3 is 2.43 bits per heavy atom. The van der Waals surface area contributed by atoms with Gasteiger partial charge in [-0.2, -0.15) is 0 Å². The van der Waals surface area contributed by atoms with Gasteiger partial charge in [-0.25, -0.2) is 9.59 Å². The minimum absolute atomic E-state index is 0.249. The second-order valence-corrected chi connectivity index (χ2v) is 7.26. The number of benzene rings is 2. The first kappa shape index (κ1) is 19.4. The molecular weight excluding hydrogens is 356 g/mol. The number of aromatic nitrogens is 1. The average Bonchev–Trinajstić information content (AvgIpc) is 2.66. The predicted octanol–water partition coefficient (Wildman–Crippen LogP) is 5.04. The van der Waals surface area contributed by atoms with Crippen LogP contribution in [0.4, 0.5) is 10.5 Å². The normalized spacial score (nSPS) is 11.1. The van der Waals surface area contributed by atoms with Gasteiger partial charge in [-0.1, -0.05) is 24.3 Å². The molecule has 0 spiro atoms. The predicted molar refractivity (Wildman–Crippen MR) is 108 cm³/mol. The Kier molecular flexibility index (Phi) is 5.31. The van der Waals surface area contributed by atoms with E-state index in [1.54, 1.807) is 33.0 Å². The number of esters is 1. The minimum atomic E-state index is -0.667. The van der Waals surface area contributed by atoms with Crippen LogP contribution >= 0.6 is 0 Å². The molecule has 0 aliphatic heterocycles. The van der Waals surface area contributed by atoms with Crippen molar-refractivity contribution in [2.75, 3.05) is 12.4 Å². The molecule has 6 heteroatoms. The first-order valence-corrected chi connectivity index (χ1v) is 8.85. The summed E-state index contributed by atoms with van der Waals surface area (Å²) >= 11 is 0. The average molecular weight is 378 g/mol. The van der Waals surface area contributed by atoms with E-state index in [0.29, 0.717) is 11.1 Å². The van der Waals surface area contributed by atoms with Crippen molar-refractivity contribution < 1.29 is 19.1 Å². The Bertz CT molecular complexity index is 1020. The maximum atomic E-state index is 12.4. The van der Waals surface area contributed by atoms with Gasteiger partial charge in [0.2, 0.25) is 0 Å². The molecule has 2 aromatic carbocycles. The molecule has 0 aliphatic rings. The van der Waals surface area contributed by atoms with Crippen LogP contribution < -0.4 is 5.32 Å². The van der Waals surface area contributed by atoms with Crippen molar-refractivity contribution in [3.8, 4) is 11.3 Å². The third kappa shape index (κ3) is 4.28. The largest absolute Gasteiger partial charge is 0.465 e. The van der Waals surface area contributed by atoms with Gasteiger partial charge in [-0.15, -0.1) is 0 Å². The van der Waals surface area contributed by atoms with Crippen molar-refractivity contribution in [3.63, 3.8) is 0 Å². The fraction of sp³-hybridized carbons (Fsp3) is 0.227. The fourth-order valence-corrected chi connectivity index (χ4v) is 2.83. The Morgan fingerprint density at radius 1 is 1.04 bits per heavy atom. The van der Waals surface area contributed by atoms with E-state index in [4.69, 9.17) is 9.47 Å².